The zero-order valence-electron chi connectivity index (χ0n) is 28.6. The molecule has 0 N–H and O–H groups in total. The Bertz CT molecular complexity index is 1390. The Labute approximate surface area is 263 Å². The Morgan fingerprint density at radius 1 is 1.09 bits per heavy atom. The van der Waals surface area contributed by atoms with Gasteiger partial charge in [0.25, 0.3) is 8.32 Å². The molecule has 3 atom stereocenters. The van der Waals surface area contributed by atoms with Gasteiger partial charge < -0.3 is 23.4 Å². The highest BCUT2D eigenvalue weighted by molar-refractivity contribution is 6.74. The molecule has 1 saturated heterocycles. The molecule has 10 heteroatoms. The van der Waals surface area contributed by atoms with Crippen molar-refractivity contribution in [3.63, 3.8) is 0 Å². The number of Topliss-reactive ketones (excluding diaryl/α,β-unsaturated/α-hetero) is 1. The summed E-state index contributed by atoms with van der Waals surface area (Å²) in [4.78, 5) is 41.5. The first-order valence-electron chi connectivity index (χ1n) is 15.1. The normalized spacial score (nSPS) is 22.8. The number of cyclic esters (lactones) is 1. The topological polar surface area (TPSA) is 101 Å². The number of ether oxygens (including phenoxy) is 4. The molecule has 2 aliphatic rings. The summed E-state index contributed by atoms with van der Waals surface area (Å²) in [6.07, 6.45) is -0.526. The maximum absolute atomic E-state index is 13.9. The van der Waals surface area contributed by atoms with Crippen LogP contribution in [0.4, 0.5) is 10.5 Å². The standard InChI is InChI=1S/C34H49NO8Si/c1-21-17-18-25(36)29-26(40-34(9,10)41-29)16-14-15-23-19-24(35(11)31(38)42-32(3,4)5)20-27(28(23)30(37)39-22(21)2)43-44(12,13)33(6,7)8/h17,19-20,22,26,29H,16,18H2,1-13H3/t22-,26-,29+/m0/s1. The summed E-state index contributed by atoms with van der Waals surface area (Å²) in [6, 6.07) is 3.33. The molecule has 0 saturated carbocycles. The van der Waals surface area contributed by atoms with Gasteiger partial charge in [0.15, 0.2) is 11.6 Å². The first-order valence-corrected chi connectivity index (χ1v) is 18.0. The lowest BCUT2D eigenvalue weighted by molar-refractivity contribution is -0.154. The van der Waals surface area contributed by atoms with E-state index in [4.69, 9.17) is 23.4 Å². The van der Waals surface area contributed by atoms with Gasteiger partial charge in [0.05, 0.1) is 5.69 Å². The Hall–Kier alpha value is -3.13. The van der Waals surface area contributed by atoms with Crippen LogP contribution in [0, 0.1) is 11.8 Å². The van der Waals surface area contributed by atoms with Gasteiger partial charge in [-0.25, -0.2) is 9.59 Å². The SMILES string of the molecule is CC1=CCC(=O)[C@H]2OC(C)(C)O[C@H]2CC#Cc2cc(N(C)C(=O)OC(C)(C)C)cc(O[Si](C)(C)C(C)(C)C)c2C(=O)O[C@H]1C. The largest absolute Gasteiger partial charge is 0.543 e. The number of allylic oxidation sites excluding steroid dienone is 1. The van der Waals surface area contributed by atoms with Gasteiger partial charge in [0.2, 0.25) is 0 Å². The van der Waals surface area contributed by atoms with Crippen molar-refractivity contribution in [3.8, 4) is 17.6 Å². The van der Waals surface area contributed by atoms with Crippen molar-refractivity contribution >= 4 is 31.9 Å². The fourth-order valence-electron chi connectivity index (χ4n) is 4.41. The van der Waals surface area contributed by atoms with Crippen molar-refractivity contribution in [1.82, 2.24) is 0 Å². The Morgan fingerprint density at radius 3 is 2.32 bits per heavy atom. The summed E-state index contributed by atoms with van der Waals surface area (Å²) in [7, 11) is -0.894. The van der Waals surface area contributed by atoms with E-state index < -0.39 is 50.1 Å². The van der Waals surface area contributed by atoms with Crippen LogP contribution in [-0.2, 0) is 23.7 Å². The molecule has 2 heterocycles. The minimum atomic E-state index is -2.49. The summed E-state index contributed by atoms with van der Waals surface area (Å²) in [5, 5.41) is -0.190. The predicted molar refractivity (Wildman–Crippen MR) is 172 cm³/mol. The number of hydrogen-bond acceptors (Lipinski definition) is 8. The number of hydrogen-bond donors (Lipinski definition) is 0. The molecular weight excluding hydrogens is 578 g/mol. The molecule has 1 aromatic rings. The maximum Gasteiger partial charge on any atom is 0.414 e. The number of rotatable bonds is 3. The summed E-state index contributed by atoms with van der Waals surface area (Å²) in [6.45, 7) is 23.0. The van der Waals surface area contributed by atoms with Gasteiger partial charge in [-0.3, -0.25) is 9.69 Å². The zero-order valence-corrected chi connectivity index (χ0v) is 29.6. The van der Waals surface area contributed by atoms with E-state index in [-0.39, 0.29) is 35.0 Å². The summed E-state index contributed by atoms with van der Waals surface area (Å²) in [5.41, 5.74) is 0.948. The van der Waals surface area contributed by atoms with Gasteiger partial charge in [-0.1, -0.05) is 38.7 Å². The van der Waals surface area contributed by atoms with Gasteiger partial charge >= 0.3 is 12.1 Å². The number of ketones is 1. The van der Waals surface area contributed by atoms with Crippen LogP contribution < -0.4 is 9.33 Å². The molecule has 1 amide bonds. The highest BCUT2D eigenvalue weighted by Gasteiger charge is 2.44. The van der Waals surface area contributed by atoms with Gasteiger partial charge in [0.1, 0.15) is 35.2 Å². The first kappa shape index (κ1) is 35.3. The molecule has 0 unspecified atom stereocenters. The number of amides is 1. The van der Waals surface area contributed by atoms with Crippen molar-refractivity contribution in [2.24, 2.45) is 0 Å². The quantitative estimate of drug-likeness (QED) is 0.151. The van der Waals surface area contributed by atoms with Crippen molar-refractivity contribution in [2.75, 3.05) is 11.9 Å². The van der Waals surface area contributed by atoms with Crippen molar-refractivity contribution in [3.05, 3.63) is 34.9 Å². The molecule has 0 bridgehead atoms. The van der Waals surface area contributed by atoms with E-state index in [0.717, 1.165) is 5.57 Å². The van der Waals surface area contributed by atoms with Crippen molar-refractivity contribution in [1.29, 1.82) is 0 Å². The first-order chi connectivity index (χ1) is 20.0. The third-order valence-electron chi connectivity index (χ3n) is 8.09. The minimum Gasteiger partial charge on any atom is -0.543 e. The monoisotopic (exact) mass is 627 g/mol. The van der Waals surface area contributed by atoms with Gasteiger partial charge in [-0.05, 0) is 78.2 Å². The fourth-order valence-corrected chi connectivity index (χ4v) is 5.43. The van der Waals surface area contributed by atoms with Crippen LogP contribution in [0.15, 0.2) is 23.8 Å². The second-order valence-electron chi connectivity index (χ2n) is 14.5. The van der Waals surface area contributed by atoms with Gasteiger partial charge in [-0.2, -0.15) is 0 Å². The lowest BCUT2D eigenvalue weighted by atomic mass is 10.0. The van der Waals surface area contributed by atoms with Crippen LogP contribution >= 0.6 is 0 Å². The fraction of sp³-hybridized carbons (Fsp3) is 0.618. The van der Waals surface area contributed by atoms with Gasteiger partial charge in [0, 0.05) is 31.5 Å². The van der Waals surface area contributed by atoms with Crippen LogP contribution in [0.25, 0.3) is 0 Å². The number of benzene rings is 1. The van der Waals surface area contributed by atoms with E-state index in [2.05, 4.69) is 45.7 Å². The van der Waals surface area contributed by atoms with E-state index in [1.807, 2.05) is 6.92 Å². The van der Waals surface area contributed by atoms with Crippen LogP contribution in [0.1, 0.15) is 98.0 Å². The second kappa shape index (κ2) is 12.7. The highest BCUT2D eigenvalue weighted by Crippen LogP contribution is 2.41. The van der Waals surface area contributed by atoms with E-state index in [0.29, 0.717) is 11.3 Å². The second-order valence-corrected chi connectivity index (χ2v) is 19.3. The molecule has 0 aliphatic carbocycles. The third-order valence-corrected chi connectivity index (χ3v) is 12.4. The molecule has 0 aromatic heterocycles. The van der Waals surface area contributed by atoms with E-state index in [9.17, 15) is 14.4 Å². The molecule has 2 aliphatic heterocycles. The molecule has 3 rings (SSSR count). The maximum atomic E-state index is 13.9. The molecule has 9 nitrogen and oxygen atoms in total. The average molecular weight is 628 g/mol. The van der Waals surface area contributed by atoms with Crippen LogP contribution in [0.3, 0.4) is 0 Å². The molecule has 44 heavy (non-hydrogen) atoms. The predicted octanol–water partition coefficient (Wildman–Crippen LogP) is 7.17. The molecule has 0 radical (unpaired) electrons. The third kappa shape index (κ3) is 8.52. The lowest BCUT2D eigenvalue weighted by Gasteiger charge is -2.37. The Kier molecular flexibility index (Phi) is 10.2. The zero-order chi connectivity index (χ0) is 33.4. The Morgan fingerprint density at radius 2 is 1.73 bits per heavy atom. The number of carbonyl (C=O) groups excluding carboxylic acids is 3. The molecule has 1 aromatic carbocycles. The van der Waals surface area contributed by atoms with E-state index in [1.165, 1.54) is 4.90 Å². The number of carbonyl (C=O) groups is 3. The van der Waals surface area contributed by atoms with Crippen molar-refractivity contribution < 1.29 is 37.8 Å². The van der Waals surface area contributed by atoms with Gasteiger partial charge in [-0.15, -0.1) is 0 Å². The summed E-state index contributed by atoms with van der Waals surface area (Å²) in [5.74, 6) is 4.82. The minimum absolute atomic E-state index is 0.110. The number of anilines is 1. The Balaban J connectivity index is 2.26. The molecule has 0 spiro atoms. The van der Waals surface area contributed by atoms with E-state index in [1.54, 1.807) is 66.8 Å². The average Bonchev–Trinajstić information content (AvgIpc) is 3.17. The summed E-state index contributed by atoms with van der Waals surface area (Å²) >= 11 is 0. The molecule has 1 fully saturated rings. The van der Waals surface area contributed by atoms with E-state index >= 15 is 0 Å². The van der Waals surface area contributed by atoms with Crippen molar-refractivity contribution in [2.45, 2.75) is 130 Å². The van der Waals surface area contributed by atoms with Crippen LogP contribution in [-0.4, -0.2) is 62.9 Å². The summed E-state index contributed by atoms with van der Waals surface area (Å²) < 4.78 is 30.3. The molecular formula is C34H49NO8Si. The smallest absolute Gasteiger partial charge is 0.414 e. The highest BCUT2D eigenvalue weighted by atomic mass is 28.4. The van der Waals surface area contributed by atoms with Crippen LogP contribution in [0.5, 0.6) is 5.75 Å². The number of esters is 1. The molecule has 242 valence electrons. The number of nitrogens with zero attached hydrogens (tertiary/aromatic N) is 1. The lowest BCUT2D eigenvalue weighted by Crippen LogP contribution is -2.44. The van der Waals surface area contributed by atoms with Crippen LogP contribution in [0.2, 0.25) is 18.1 Å². The number of fused-ring (bicyclic) bond motifs is 2.